The molecule has 0 saturated carbocycles. The Hall–Kier alpha value is -1.09. The molecule has 0 aliphatic heterocycles. The van der Waals surface area contributed by atoms with Gasteiger partial charge in [-0.2, -0.15) is 0 Å². The molecule has 0 heterocycles. The summed E-state index contributed by atoms with van der Waals surface area (Å²) in [5.74, 6) is -0.211. The van der Waals surface area contributed by atoms with E-state index in [9.17, 15) is 4.39 Å². The van der Waals surface area contributed by atoms with Crippen LogP contribution in [0, 0.1) is 5.82 Å². The highest BCUT2D eigenvalue weighted by molar-refractivity contribution is 6.42. The third-order valence-corrected chi connectivity index (χ3v) is 4.24. The first-order valence-corrected chi connectivity index (χ1v) is 7.76. The maximum Gasteiger partial charge on any atom is 0.123 e. The zero-order chi connectivity index (χ0) is 15.2. The van der Waals surface area contributed by atoms with Crippen molar-refractivity contribution in [2.75, 3.05) is 6.54 Å². The average Bonchev–Trinajstić information content (AvgIpc) is 2.46. The lowest BCUT2D eigenvalue weighted by atomic mass is 9.99. The lowest BCUT2D eigenvalue weighted by Crippen LogP contribution is -2.33. The molecule has 0 amide bonds. The summed E-state index contributed by atoms with van der Waals surface area (Å²) >= 11 is 12.3. The van der Waals surface area contributed by atoms with E-state index in [2.05, 4.69) is 12.2 Å². The minimum absolute atomic E-state index is 0.211. The van der Waals surface area contributed by atoms with Crippen LogP contribution in [0.4, 0.5) is 4.39 Å². The second kappa shape index (κ2) is 7.79. The van der Waals surface area contributed by atoms with Crippen LogP contribution in [0.5, 0.6) is 0 Å². The molecule has 21 heavy (non-hydrogen) atoms. The Morgan fingerprint density at radius 2 is 1.76 bits per heavy atom. The summed E-state index contributed by atoms with van der Waals surface area (Å²) in [5.41, 5.74) is 2.12. The Labute approximate surface area is 135 Å². The van der Waals surface area contributed by atoms with Gasteiger partial charge in [-0.3, -0.25) is 0 Å². The van der Waals surface area contributed by atoms with Crippen LogP contribution in [0.25, 0.3) is 0 Å². The fourth-order valence-electron chi connectivity index (χ4n) is 2.38. The van der Waals surface area contributed by atoms with Gasteiger partial charge < -0.3 is 5.32 Å². The number of hydrogen-bond acceptors (Lipinski definition) is 1. The number of nitrogens with one attached hydrogen (secondary N) is 1. The summed E-state index contributed by atoms with van der Waals surface area (Å²) in [4.78, 5) is 0. The van der Waals surface area contributed by atoms with Gasteiger partial charge in [-0.25, -0.2) is 4.39 Å². The van der Waals surface area contributed by atoms with E-state index < -0.39 is 0 Å². The summed E-state index contributed by atoms with van der Waals surface area (Å²) in [6.45, 7) is 2.93. The fourth-order valence-corrected chi connectivity index (χ4v) is 2.78. The Kier molecular flexibility index (Phi) is 6.04. The van der Waals surface area contributed by atoms with Gasteiger partial charge in [-0.15, -0.1) is 0 Å². The molecule has 1 atom stereocenters. The van der Waals surface area contributed by atoms with E-state index in [0.29, 0.717) is 10.0 Å². The summed E-state index contributed by atoms with van der Waals surface area (Å²) < 4.78 is 13.0. The first-order chi connectivity index (χ1) is 10.1. The minimum atomic E-state index is -0.211. The Balaban J connectivity index is 2.11. The van der Waals surface area contributed by atoms with Gasteiger partial charge in [0.1, 0.15) is 5.82 Å². The van der Waals surface area contributed by atoms with Crippen molar-refractivity contribution in [3.05, 3.63) is 69.5 Å². The number of hydrogen-bond donors (Lipinski definition) is 1. The van der Waals surface area contributed by atoms with Crippen molar-refractivity contribution in [2.45, 2.75) is 25.8 Å². The number of likely N-dealkylation sites (N-methyl/N-ethyl adjacent to an activating group) is 1. The number of halogens is 3. The van der Waals surface area contributed by atoms with Crippen LogP contribution in [0.3, 0.4) is 0 Å². The quantitative estimate of drug-likeness (QED) is 0.796. The molecule has 2 rings (SSSR count). The molecule has 112 valence electrons. The van der Waals surface area contributed by atoms with Crippen LogP contribution in [-0.2, 0) is 12.8 Å². The minimum Gasteiger partial charge on any atom is -0.314 e. The molecule has 0 aromatic heterocycles. The second-order valence-electron chi connectivity index (χ2n) is 5.00. The fraction of sp³-hybridized carbons (Fsp3) is 0.294. The van der Waals surface area contributed by atoms with Crippen molar-refractivity contribution in [2.24, 2.45) is 0 Å². The molecule has 0 radical (unpaired) electrons. The molecule has 0 fully saturated rings. The predicted octanol–water partition coefficient (Wildman–Crippen LogP) is 4.90. The van der Waals surface area contributed by atoms with Crippen LogP contribution in [0.2, 0.25) is 10.0 Å². The average molecular weight is 326 g/mol. The summed E-state index contributed by atoms with van der Waals surface area (Å²) in [6, 6.07) is 12.5. The lowest BCUT2D eigenvalue weighted by molar-refractivity contribution is 0.521. The van der Waals surface area contributed by atoms with Crippen molar-refractivity contribution in [3.63, 3.8) is 0 Å². The standard InChI is InChI=1S/C17H18Cl2FN/c1-2-21-15(10-12-6-8-14(20)9-7-12)11-13-4-3-5-16(18)17(13)19/h3-9,15,21H,2,10-11H2,1H3. The van der Waals surface area contributed by atoms with Gasteiger partial charge in [-0.05, 0) is 48.7 Å². The van der Waals surface area contributed by atoms with E-state index in [1.165, 1.54) is 12.1 Å². The van der Waals surface area contributed by atoms with Crippen LogP contribution < -0.4 is 5.32 Å². The van der Waals surface area contributed by atoms with E-state index in [-0.39, 0.29) is 11.9 Å². The molecule has 0 saturated heterocycles. The van der Waals surface area contributed by atoms with E-state index in [0.717, 1.165) is 30.5 Å². The molecule has 2 aromatic rings. The molecule has 0 aliphatic rings. The van der Waals surface area contributed by atoms with Crippen molar-refractivity contribution >= 4 is 23.2 Å². The predicted molar refractivity (Wildman–Crippen MR) is 87.7 cm³/mol. The summed E-state index contributed by atoms with van der Waals surface area (Å²) in [7, 11) is 0. The second-order valence-corrected chi connectivity index (χ2v) is 5.79. The highest BCUT2D eigenvalue weighted by Crippen LogP contribution is 2.26. The van der Waals surface area contributed by atoms with Crippen molar-refractivity contribution < 1.29 is 4.39 Å². The number of rotatable bonds is 6. The van der Waals surface area contributed by atoms with Gasteiger partial charge in [0.2, 0.25) is 0 Å². The largest absolute Gasteiger partial charge is 0.314 e. The first-order valence-electron chi connectivity index (χ1n) is 7.01. The first kappa shape index (κ1) is 16.3. The Bertz CT molecular complexity index is 584. The topological polar surface area (TPSA) is 12.0 Å². The van der Waals surface area contributed by atoms with Crippen molar-refractivity contribution in [3.8, 4) is 0 Å². The van der Waals surface area contributed by atoms with Crippen molar-refractivity contribution in [1.29, 1.82) is 0 Å². The van der Waals surface area contributed by atoms with Gasteiger partial charge >= 0.3 is 0 Å². The highest BCUT2D eigenvalue weighted by atomic mass is 35.5. The zero-order valence-electron chi connectivity index (χ0n) is 11.9. The molecular formula is C17H18Cl2FN. The maximum absolute atomic E-state index is 13.0. The zero-order valence-corrected chi connectivity index (χ0v) is 13.4. The molecule has 1 nitrogen and oxygen atoms in total. The molecule has 0 bridgehead atoms. The normalized spacial score (nSPS) is 12.4. The molecule has 1 N–H and O–H groups in total. The van der Waals surface area contributed by atoms with Crippen LogP contribution >= 0.6 is 23.2 Å². The third kappa shape index (κ3) is 4.70. The maximum atomic E-state index is 13.0. The summed E-state index contributed by atoms with van der Waals surface area (Å²) in [5, 5.41) is 4.63. The van der Waals surface area contributed by atoms with Gasteiger partial charge in [0.25, 0.3) is 0 Å². The SMILES string of the molecule is CCNC(Cc1ccc(F)cc1)Cc1cccc(Cl)c1Cl. The van der Waals surface area contributed by atoms with Gasteiger partial charge in [-0.1, -0.05) is 54.4 Å². The lowest BCUT2D eigenvalue weighted by Gasteiger charge is -2.19. The monoisotopic (exact) mass is 325 g/mol. The number of benzene rings is 2. The summed E-state index contributed by atoms with van der Waals surface area (Å²) in [6.07, 6.45) is 1.60. The van der Waals surface area contributed by atoms with Crippen molar-refractivity contribution in [1.82, 2.24) is 5.32 Å². The van der Waals surface area contributed by atoms with Crippen LogP contribution in [0.1, 0.15) is 18.1 Å². The molecular weight excluding hydrogens is 308 g/mol. The van der Waals surface area contributed by atoms with E-state index in [1.54, 1.807) is 6.07 Å². The molecule has 4 heteroatoms. The Morgan fingerprint density at radius 1 is 1.05 bits per heavy atom. The van der Waals surface area contributed by atoms with Gasteiger partial charge in [0.15, 0.2) is 0 Å². The van der Waals surface area contributed by atoms with Gasteiger partial charge in [0, 0.05) is 6.04 Å². The Morgan fingerprint density at radius 3 is 2.43 bits per heavy atom. The molecule has 1 unspecified atom stereocenters. The third-order valence-electron chi connectivity index (χ3n) is 3.39. The molecule has 0 spiro atoms. The smallest absolute Gasteiger partial charge is 0.123 e. The van der Waals surface area contributed by atoms with E-state index >= 15 is 0 Å². The van der Waals surface area contributed by atoms with Crippen LogP contribution in [-0.4, -0.2) is 12.6 Å². The van der Waals surface area contributed by atoms with E-state index in [1.807, 2.05) is 24.3 Å². The highest BCUT2D eigenvalue weighted by Gasteiger charge is 2.13. The molecule has 0 aliphatic carbocycles. The molecule has 2 aromatic carbocycles. The van der Waals surface area contributed by atoms with Gasteiger partial charge in [0.05, 0.1) is 10.0 Å². The van der Waals surface area contributed by atoms with E-state index in [4.69, 9.17) is 23.2 Å². The van der Waals surface area contributed by atoms with Crippen LogP contribution in [0.15, 0.2) is 42.5 Å².